The summed E-state index contributed by atoms with van der Waals surface area (Å²) in [6, 6.07) is 8.66. The van der Waals surface area contributed by atoms with E-state index in [1.807, 2.05) is 6.07 Å². The molecule has 1 atom stereocenters. The Labute approximate surface area is 77.7 Å². The van der Waals surface area contributed by atoms with E-state index in [1.54, 1.807) is 30.5 Å². The summed E-state index contributed by atoms with van der Waals surface area (Å²) in [5.74, 6) is 0. The molecular weight excluding hydrogens is 186 g/mol. The third-order valence-corrected chi connectivity index (χ3v) is 2.43. The lowest BCUT2D eigenvalue weighted by Gasteiger charge is -1.97. The van der Waals surface area contributed by atoms with Gasteiger partial charge in [0.15, 0.2) is 11.1 Å². The van der Waals surface area contributed by atoms with Crippen LogP contribution in [0, 0.1) is 0 Å². The SMILES string of the molecule is O=S(O)c1ccc2ncccc2c1. The van der Waals surface area contributed by atoms with Gasteiger partial charge < -0.3 is 4.55 Å². The maximum atomic E-state index is 10.7. The molecule has 0 spiro atoms. The van der Waals surface area contributed by atoms with Crippen LogP contribution in [0.4, 0.5) is 0 Å². The van der Waals surface area contributed by atoms with Crippen LogP contribution >= 0.6 is 0 Å². The van der Waals surface area contributed by atoms with E-state index in [4.69, 9.17) is 4.55 Å². The highest BCUT2D eigenvalue weighted by Gasteiger charge is 2.00. The van der Waals surface area contributed by atoms with Gasteiger partial charge in [-0.2, -0.15) is 0 Å². The summed E-state index contributed by atoms with van der Waals surface area (Å²) in [6.45, 7) is 0. The summed E-state index contributed by atoms with van der Waals surface area (Å²) in [5.41, 5.74) is 0.830. The van der Waals surface area contributed by atoms with Gasteiger partial charge in [-0.3, -0.25) is 4.98 Å². The molecule has 2 aromatic rings. The second kappa shape index (κ2) is 3.24. The normalized spacial score (nSPS) is 13.0. The first kappa shape index (κ1) is 8.34. The van der Waals surface area contributed by atoms with Gasteiger partial charge in [-0.15, -0.1) is 0 Å². The van der Waals surface area contributed by atoms with Crippen molar-refractivity contribution in [2.24, 2.45) is 0 Å². The molecule has 1 aromatic heterocycles. The number of hydrogen-bond donors (Lipinski definition) is 1. The fourth-order valence-corrected chi connectivity index (χ4v) is 1.57. The van der Waals surface area contributed by atoms with E-state index in [0.717, 1.165) is 10.9 Å². The topological polar surface area (TPSA) is 50.2 Å². The van der Waals surface area contributed by atoms with Crippen molar-refractivity contribution < 1.29 is 8.76 Å². The van der Waals surface area contributed by atoms with Crippen LogP contribution < -0.4 is 0 Å². The summed E-state index contributed by atoms with van der Waals surface area (Å²) in [4.78, 5) is 4.50. The van der Waals surface area contributed by atoms with Crippen LogP contribution in [0.2, 0.25) is 0 Å². The zero-order valence-electron chi connectivity index (χ0n) is 6.68. The van der Waals surface area contributed by atoms with Crippen LogP contribution in [0.3, 0.4) is 0 Å². The molecule has 0 saturated heterocycles. The Morgan fingerprint density at radius 2 is 2.15 bits per heavy atom. The quantitative estimate of drug-likeness (QED) is 0.703. The Kier molecular flexibility index (Phi) is 2.08. The van der Waals surface area contributed by atoms with Gasteiger partial charge in [0.1, 0.15) is 0 Å². The van der Waals surface area contributed by atoms with Crippen molar-refractivity contribution in [2.75, 3.05) is 0 Å². The fraction of sp³-hybridized carbons (Fsp3) is 0. The molecule has 1 heterocycles. The Morgan fingerprint density at radius 3 is 2.92 bits per heavy atom. The number of fused-ring (bicyclic) bond motifs is 1. The number of hydrogen-bond acceptors (Lipinski definition) is 2. The second-order valence-corrected chi connectivity index (χ2v) is 3.58. The van der Waals surface area contributed by atoms with E-state index in [0.29, 0.717) is 4.90 Å². The highest BCUT2D eigenvalue weighted by Crippen LogP contribution is 2.14. The summed E-state index contributed by atoms with van der Waals surface area (Å²) in [5, 5.41) is 0.877. The molecule has 3 nitrogen and oxygen atoms in total. The van der Waals surface area contributed by atoms with Crippen LogP contribution in [0.25, 0.3) is 10.9 Å². The largest absolute Gasteiger partial charge is 0.302 e. The molecular formula is C9H7NO2S. The maximum Gasteiger partial charge on any atom is 0.186 e. The number of aromatic nitrogens is 1. The van der Waals surface area contributed by atoms with Gasteiger partial charge in [0, 0.05) is 11.6 Å². The van der Waals surface area contributed by atoms with Crippen molar-refractivity contribution in [3.63, 3.8) is 0 Å². The van der Waals surface area contributed by atoms with Crippen LogP contribution in [0.15, 0.2) is 41.4 Å². The molecule has 0 radical (unpaired) electrons. The zero-order chi connectivity index (χ0) is 9.26. The standard InChI is InChI=1S/C9H7NO2S/c11-13(12)8-3-4-9-7(6-8)2-1-5-10-9/h1-6H,(H,11,12). The Bertz CT molecular complexity index is 470. The highest BCUT2D eigenvalue weighted by molar-refractivity contribution is 7.79. The van der Waals surface area contributed by atoms with Gasteiger partial charge in [-0.05, 0) is 24.3 Å². The smallest absolute Gasteiger partial charge is 0.186 e. The van der Waals surface area contributed by atoms with Gasteiger partial charge in [-0.25, -0.2) is 4.21 Å². The average molecular weight is 193 g/mol. The molecule has 0 bridgehead atoms. The molecule has 1 unspecified atom stereocenters. The minimum atomic E-state index is -1.91. The minimum absolute atomic E-state index is 0.403. The van der Waals surface area contributed by atoms with Crippen LogP contribution in [0.1, 0.15) is 0 Å². The molecule has 0 saturated carbocycles. The molecule has 0 amide bonds. The van der Waals surface area contributed by atoms with Crippen molar-refractivity contribution in [3.8, 4) is 0 Å². The van der Waals surface area contributed by atoms with Crippen LogP contribution in [-0.2, 0) is 11.1 Å². The van der Waals surface area contributed by atoms with E-state index in [2.05, 4.69) is 4.98 Å². The Hall–Kier alpha value is -1.26. The van der Waals surface area contributed by atoms with Gasteiger partial charge in [0.25, 0.3) is 0 Å². The fourth-order valence-electron chi connectivity index (χ4n) is 1.16. The second-order valence-electron chi connectivity index (χ2n) is 2.61. The lowest BCUT2D eigenvalue weighted by Crippen LogP contribution is -1.88. The molecule has 0 aliphatic heterocycles. The third kappa shape index (κ3) is 1.59. The first-order chi connectivity index (χ1) is 6.27. The minimum Gasteiger partial charge on any atom is -0.302 e. The van der Waals surface area contributed by atoms with Crippen molar-refractivity contribution in [3.05, 3.63) is 36.5 Å². The van der Waals surface area contributed by atoms with Gasteiger partial charge in [0.05, 0.1) is 10.4 Å². The van der Waals surface area contributed by atoms with Crippen molar-refractivity contribution in [1.82, 2.24) is 4.98 Å². The van der Waals surface area contributed by atoms with Crippen molar-refractivity contribution >= 4 is 22.0 Å². The van der Waals surface area contributed by atoms with Crippen molar-refractivity contribution in [1.29, 1.82) is 0 Å². The highest BCUT2D eigenvalue weighted by atomic mass is 32.2. The van der Waals surface area contributed by atoms with E-state index in [9.17, 15) is 4.21 Å². The molecule has 4 heteroatoms. The zero-order valence-corrected chi connectivity index (χ0v) is 7.49. The molecule has 1 aromatic carbocycles. The molecule has 1 N–H and O–H groups in total. The van der Waals surface area contributed by atoms with E-state index in [1.165, 1.54) is 0 Å². The summed E-state index contributed by atoms with van der Waals surface area (Å²) in [6.07, 6.45) is 1.69. The average Bonchev–Trinajstić information content (AvgIpc) is 2.17. The summed E-state index contributed by atoms with van der Waals surface area (Å²) >= 11 is -1.91. The molecule has 66 valence electrons. The lowest BCUT2D eigenvalue weighted by atomic mass is 10.2. The van der Waals surface area contributed by atoms with E-state index in [-0.39, 0.29) is 0 Å². The first-order valence-corrected chi connectivity index (χ1v) is 4.84. The molecule has 13 heavy (non-hydrogen) atoms. The third-order valence-electron chi connectivity index (χ3n) is 1.78. The van der Waals surface area contributed by atoms with Crippen LogP contribution in [0.5, 0.6) is 0 Å². The van der Waals surface area contributed by atoms with E-state index >= 15 is 0 Å². The maximum absolute atomic E-state index is 10.7. The molecule has 0 fully saturated rings. The molecule has 0 aliphatic rings. The van der Waals surface area contributed by atoms with Crippen LogP contribution in [-0.4, -0.2) is 13.7 Å². The predicted octanol–water partition coefficient (Wildman–Crippen LogP) is 1.82. The number of pyridine rings is 1. The molecule has 2 rings (SSSR count). The van der Waals surface area contributed by atoms with Crippen molar-refractivity contribution in [2.45, 2.75) is 4.90 Å². The summed E-state index contributed by atoms with van der Waals surface area (Å²) in [7, 11) is 0. The number of rotatable bonds is 1. The number of benzene rings is 1. The monoisotopic (exact) mass is 193 g/mol. The first-order valence-electron chi connectivity index (χ1n) is 3.73. The molecule has 0 aliphatic carbocycles. The predicted molar refractivity (Wildman–Crippen MR) is 50.8 cm³/mol. The van der Waals surface area contributed by atoms with Gasteiger partial charge in [0.2, 0.25) is 0 Å². The number of nitrogens with zero attached hydrogens (tertiary/aromatic N) is 1. The van der Waals surface area contributed by atoms with Gasteiger partial charge in [-0.1, -0.05) is 6.07 Å². The van der Waals surface area contributed by atoms with E-state index < -0.39 is 11.1 Å². The Balaban J connectivity index is 2.69. The Morgan fingerprint density at radius 1 is 1.31 bits per heavy atom. The summed E-state index contributed by atoms with van der Waals surface area (Å²) < 4.78 is 19.6. The lowest BCUT2D eigenvalue weighted by molar-refractivity contribution is 0.564. The van der Waals surface area contributed by atoms with Gasteiger partial charge >= 0.3 is 0 Å².